The zero-order valence-corrected chi connectivity index (χ0v) is 11.6. The van der Waals surface area contributed by atoms with Crippen molar-refractivity contribution in [2.45, 2.75) is 38.3 Å². The molecule has 0 aromatic carbocycles. The minimum atomic E-state index is 0.465. The third-order valence-electron chi connectivity index (χ3n) is 3.43. The van der Waals surface area contributed by atoms with E-state index in [0.717, 1.165) is 52.1 Å². The Balaban J connectivity index is 2.05. The molecule has 1 N–H and O–H groups in total. The molecule has 0 amide bonds. The second kappa shape index (κ2) is 8.86. The molecular weight excluding hydrogens is 216 g/mol. The van der Waals surface area contributed by atoms with Gasteiger partial charge >= 0.3 is 0 Å². The average Bonchev–Trinajstić information content (AvgIpc) is 2.36. The van der Waals surface area contributed by atoms with E-state index < -0.39 is 0 Å². The zero-order chi connectivity index (χ0) is 12.5. The Bertz CT molecular complexity index is 190. The summed E-state index contributed by atoms with van der Waals surface area (Å²) in [7, 11) is 3.89. The molecular formula is C13H28N2O2. The number of hydrogen-bond donors (Lipinski definition) is 1. The first-order valence-corrected chi connectivity index (χ1v) is 6.78. The van der Waals surface area contributed by atoms with Crippen LogP contribution in [0.3, 0.4) is 0 Å². The summed E-state index contributed by atoms with van der Waals surface area (Å²) in [5.74, 6) is 0. The van der Waals surface area contributed by atoms with Crippen LogP contribution in [0.1, 0.15) is 26.2 Å². The lowest BCUT2D eigenvalue weighted by atomic mass is 10.0. The number of nitrogens with zero attached hydrogens (tertiary/aromatic N) is 1. The lowest BCUT2D eigenvalue weighted by Gasteiger charge is -2.30. The normalized spacial score (nSPS) is 25.4. The Labute approximate surface area is 106 Å². The summed E-state index contributed by atoms with van der Waals surface area (Å²) in [4.78, 5) is 2.30. The van der Waals surface area contributed by atoms with Crippen LogP contribution in [0.4, 0.5) is 0 Å². The molecule has 1 rings (SSSR count). The Kier molecular flexibility index (Phi) is 7.77. The fraction of sp³-hybridized carbons (Fsp3) is 1.00. The molecule has 0 radical (unpaired) electrons. The summed E-state index contributed by atoms with van der Waals surface area (Å²) in [6.45, 7) is 7.06. The van der Waals surface area contributed by atoms with Gasteiger partial charge in [-0.05, 0) is 26.3 Å². The van der Waals surface area contributed by atoms with Crippen LogP contribution >= 0.6 is 0 Å². The first-order valence-electron chi connectivity index (χ1n) is 6.78. The molecule has 0 saturated carbocycles. The van der Waals surface area contributed by atoms with Crippen LogP contribution in [0.2, 0.25) is 0 Å². The highest BCUT2D eigenvalue weighted by Gasteiger charge is 2.20. The maximum atomic E-state index is 5.67. The highest BCUT2D eigenvalue weighted by molar-refractivity contribution is 4.76. The lowest BCUT2D eigenvalue weighted by molar-refractivity contribution is -0.000255. The quantitative estimate of drug-likeness (QED) is 0.693. The van der Waals surface area contributed by atoms with Crippen molar-refractivity contribution < 1.29 is 9.47 Å². The highest BCUT2D eigenvalue weighted by Crippen LogP contribution is 2.15. The summed E-state index contributed by atoms with van der Waals surface area (Å²) >= 11 is 0. The van der Waals surface area contributed by atoms with Crippen molar-refractivity contribution >= 4 is 0 Å². The van der Waals surface area contributed by atoms with E-state index in [9.17, 15) is 0 Å². The summed E-state index contributed by atoms with van der Waals surface area (Å²) in [5.41, 5.74) is 0. The maximum Gasteiger partial charge on any atom is 0.0589 e. The Morgan fingerprint density at radius 2 is 2.24 bits per heavy atom. The molecule has 1 fully saturated rings. The van der Waals surface area contributed by atoms with Crippen molar-refractivity contribution in [2.75, 3.05) is 47.0 Å². The topological polar surface area (TPSA) is 33.7 Å². The van der Waals surface area contributed by atoms with Crippen LogP contribution in [0, 0.1) is 0 Å². The SMILES string of the molecule is CCC1CC(NCCN(C)CCOC)CCO1. The number of rotatable bonds is 8. The second-order valence-electron chi connectivity index (χ2n) is 4.87. The van der Waals surface area contributed by atoms with Crippen LogP contribution in [0.5, 0.6) is 0 Å². The minimum Gasteiger partial charge on any atom is -0.383 e. The van der Waals surface area contributed by atoms with E-state index in [4.69, 9.17) is 9.47 Å². The molecule has 4 nitrogen and oxygen atoms in total. The van der Waals surface area contributed by atoms with Gasteiger partial charge in [-0.25, -0.2) is 0 Å². The van der Waals surface area contributed by atoms with E-state index in [-0.39, 0.29) is 0 Å². The summed E-state index contributed by atoms with van der Waals surface area (Å²) < 4.78 is 10.7. The first kappa shape index (κ1) is 14.9. The summed E-state index contributed by atoms with van der Waals surface area (Å²) in [6, 6.07) is 0.643. The first-order chi connectivity index (χ1) is 8.26. The van der Waals surface area contributed by atoms with Gasteiger partial charge < -0.3 is 19.7 Å². The molecule has 0 aromatic heterocycles. The second-order valence-corrected chi connectivity index (χ2v) is 4.87. The van der Waals surface area contributed by atoms with Crippen LogP contribution < -0.4 is 5.32 Å². The van der Waals surface area contributed by atoms with Crippen molar-refractivity contribution in [2.24, 2.45) is 0 Å². The predicted molar refractivity (Wildman–Crippen MR) is 70.4 cm³/mol. The van der Waals surface area contributed by atoms with Crippen molar-refractivity contribution in [3.8, 4) is 0 Å². The van der Waals surface area contributed by atoms with Crippen LogP contribution in [0.15, 0.2) is 0 Å². The molecule has 1 saturated heterocycles. The Hall–Kier alpha value is -0.160. The molecule has 1 aliphatic heterocycles. The highest BCUT2D eigenvalue weighted by atomic mass is 16.5. The van der Waals surface area contributed by atoms with E-state index in [1.807, 2.05) is 0 Å². The predicted octanol–water partition coefficient (Wildman–Crippen LogP) is 1.11. The molecule has 4 heteroatoms. The molecule has 2 unspecified atom stereocenters. The van der Waals surface area contributed by atoms with Crippen LogP contribution in [-0.2, 0) is 9.47 Å². The Morgan fingerprint density at radius 3 is 2.94 bits per heavy atom. The minimum absolute atomic E-state index is 0.465. The largest absolute Gasteiger partial charge is 0.383 e. The molecule has 0 spiro atoms. The average molecular weight is 244 g/mol. The number of likely N-dealkylation sites (N-methyl/N-ethyl adjacent to an activating group) is 1. The van der Waals surface area contributed by atoms with Gasteiger partial charge in [-0.1, -0.05) is 6.92 Å². The van der Waals surface area contributed by atoms with Gasteiger partial charge in [-0.2, -0.15) is 0 Å². The zero-order valence-electron chi connectivity index (χ0n) is 11.6. The van der Waals surface area contributed by atoms with Crippen molar-refractivity contribution in [3.63, 3.8) is 0 Å². The number of methoxy groups -OCH3 is 1. The van der Waals surface area contributed by atoms with Gasteiger partial charge in [-0.15, -0.1) is 0 Å². The molecule has 0 aliphatic carbocycles. The molecule has 2 atom stereocenters. The number of hydrogen-bond acceptors (Lipinski definition) is 4. The van der Waals surface area contributed by atoms with Gasteiger partial charge in [0.15, 0.2) is 0 Å². The number of ether oxygens (including phenoxy) is 2. The van der Waals surface area contributed by atoms with Crippen molar-refractivity contribution in [3.05, 3.63) is 0 Å². The van der Waals surface area contributed by atoms with Crippen molar-refractivity contribution in [1.29, 1.82) is 0 Å². The van der Waals surface area contributed by atoms with E-state index in [1.165, 1.54) is 0 Å². The Morgan fingerprint density at radius 1 is 1.41 bits per heavy atom. The molecule has 1 aliphatic rings. The lowest BCUT2D eigenvalue weighted by Crippen LogP contribution is -2.42. The van der Waals surface area contributed by atoms with Gasteiger partial charge in [0.05, 0.1) is 12.7 Å². The van der Waals surface area contributed by atoms with Gasteiger partial charge in [0.25, 0.3) is 0 Å². The molecule has 0 bridgehead atoms. The van der Waals surface area contributed by atoms with E-state index in [1.54, 1.807) is 7.11 Å². The molecule has 0 aromatic rings. The van der Waals surface area contributed by atoms with Gasteiger partial charge in [0.1, 0.15) is 0 Å². The van der Waals surface area contributed by atoms with Gasteiger partial charge in [0.2, 0.25) is 0 Å². The van der Waals surface area contributed by atoms with Crippen LogP contribution in [0.25, 0.3) is 0 Å². The molecule has 17 heavy (non-hydrogen) atoms. The fourth-order valence-electron chi connectivity index (χ4n) is 2.17. The van der Waals surface area contributed by atoms with E-state index in [2.05, 4.69) is 24.2 Å². The van der Waals surface area contributed by atoms with Crippen LogP contribution in [-0.4, -0.2) is 64.1 Å². The van der Waals surface area contributed by atoms with E-state index >= 15 is 0 Å². The van der Waals surface area contributed by atoms with Crippen molar-refractivity contribution in [1.82, 2.24) is 10.2 Å². The summed E-state index contributed by atoms with van der Waals surface area (Å²) in [5, 5.41) is 3.63. The van der Waals surface area contributed by atoms with Gasteiger partial charge in [-0.3, -0.25) is 0 Å². The van der Waals surface area contributed by atoms with E-state index in [0.29, 0.717) is 12.1 Å². The smallest absolute Gasteiger partial charge is 0.0589 e. The molecule has 1 heterocycles. The summed E-state index contributed by atoms with van der Waals surface area (Å²) in [6.07, 6.45) is 3.91. The fourth-order valence-corrected chi connectivity index (χ4v) is 2.17. The monoisotopic (exact) mass is 244 g/mol. The number of nitrogens with one attached hydrogen (secondary N) is 1. The van der Waals surface area contributed by atoms with Gasteiger partial charge in [0, 0.05) is 39.4 Å². The maximum absolute atomic E-state index is 5.67. The standard InChI is InChI=1S/C13H28N2O2/c1-4-13-11-12(5-9-17-13)14-6-7-15(2)8-10-16-3/h12-14H,4-11H2,1-3H3. The third kappa shape index (κ3) is 6.36. The molecule has 102 valence electrons. The third-order valence-corrected chi connectivity index (χ3v) is 3.43.